The van der Waals surface area contributed by atoms with Crippen molar-refractivity contribution in [3.05, 3.63) is 11.3 Å². The van der Waals surface area contributed by atoms with Crippen molar-refractivity contribution in [1.82, 2.24) is 0 Å². The Hall–Kier alpha value is -0.990. The standard InChI is InChI=1S/C5H10N2O/c1-3(4(2)8)5(6)7/h8H,1-2H3,(H3,6,7)/b4-3+. The van der Waals surface area contributed by atoms with Gasteiger partial charge in [-0.1, -0.05) is 0 Å². The number of aliphatic hydroxyl groups excluding tert-OH is 1. The highest BCUT2D eigenvalue weighted by atomic mass is 16.3. The first-order valence-electron chi connectivity index (χ1n) is 2.26. The molecular weight excluding hydrogens is 104 g/mol. The summed E-state index contributed by atoms with van der Waals surface area (Å²) in [5, 5.41) is 15.4. The SMILES string of the molecule is C/C(O)=C(/C)C(=N)N. The summed E-state index contributed by atoms with van der Waals surface area (Å²) in [6.07, 6.45) is 0. The van der Waals surface area contributed by atoms with E-state index in [1.165, 1.54) is 6.92 Å². The molecule has 0 atom stereocenters. The van der Waals surface area contributed by atoms with Crippen LogP contribution in [0.5, 0.6) is 0 Å². The minimum Gasteiger partial charge on any atom is -0.512 e. The zero-order chi connectivity index (χ0) is 6.73. The molecule has 0 unspecified atom stereocenters. The van der Waals surface area contributed by atoms with E-state index < -0.39 is 0 Å². The Kier molecular flexibility index (Phi) is 2.06. The van der Waals surface area contributed by atoms with Crippen LogP contribution in [0.15, 0.2) is 11.3 Å². The van der Waals surface area contributed by atoms with E-state index in [4.69, 9.17) is 16.2 Å². The molecule has 0 heterocycles. The Morgan fingerprint density at radius 3 is 1.88 bits per heavy atom. The minimum atomic E-state index is -0.0787. The molecule has 0 amide bonds. The number of nitrogens with two attached hydrogens (primary N) is 1. The number of nitrogens with one attached hydrogen (secondary N) is 1. The van der Waals surface area contributed by atoms with Gasteiger partial charge in [0, 0.05) is 5.57 Å². The van der Waals surface area contributed by atoms with Crippen molar-refractivity contribution in [3.8, 4) is 0 Å². The van der Waals surface area contributed by atoms with Gasteiger partial charge in [0.2, 0.25) is 0 Å². The number of aliphatic hydroxyl groups is 1. The summed E-state index contributed by atoms with van der Waals surface area (Å²) in [5.41, 5.74) is 5.44. The van der Waals surface area contributed by atoms with Gasteiger partial charge in [0.05, 0.1) is 5.76 Å². The van der Waals surface area contributed by atoms with E-state index >= 15 is 0 Å². The van der Waals surface area contributed by atoms with Crippen LogP contribution >= 0.6 is 0 Å². The molecule has 0 aromatic rings. The maximum absolute atomic E-state index is 8.65. The molecule has 0 rings (SSSR count). The summed E-state index contributed by atoms with van der Waals surface area (Å²) in [6, 6.07) is 0. The number of rotatable bonds is 1. The molecule has 0 aromatic heterocycles. The average Bonchev–Trinajstić information content (AvgIpc) is 1.64. The second-order valence-corrected chi connectivity index (χ2v) is 1.62. The fourth-order valence-corrected chi connectivity index (χ4v) is 0.195. The lowest BCUT2D eigenvalue weighted by Crippen LogP contribution is -2.11. The highest BCUT2D eigenvalue weighted by molar-refractivity contribution is 5.94. The molecule has 0 saturated heterocycles. The molecule has 8 heavy (non-hydrogen) atoms. The highest BCUT2D eigenvalue weighted by Crippen LogP contribution is 1.95. The lowest BCUT2D eigenvalue weighted by molar-refractivity contribution is 0.410. The molecule has 0 aliphatic heterocycles. The third-order valence-electron chi connectivity index (χ3n) is 0.947. The van der Waals surface area contributed by atoms with Crippen LogP contribution in [0.4, 0.5) is 0 Å². The maximum atomic E-state index is 8.65. The van der Waals surface area contributed by atoms with Crippen molar-refractivity contribution in [1.29, 1.82) is 5.41 Å². The van der Waals surface area contributed by atoms with Gasteiger partial charge < -0.3 is 10.8 Å². The summed E-state index contributed by atoms with van der Waals surface area (Å²) in [7, 11) is 0. The second kappa shape index (κ2) is 2.35. The van der Waals surface area contributed by atoms with E-state index in [0.717, 1.165) is 0 Å². The molecule has 46 valence electrons. The number of hydrogen-bond donors (Lipinski definition) is 3. The monoisotopic (exact) mass is 114 g/mol. The Morgan fingerprint density at radius 1 is 1.50 bits per heavy atom. The van der Waals surface area contributed by atoms with Crippen LogP contribution in [0.25, 0.3) is 0 Å². The van der Waals surface area contributed by atoms with Gasteiger partial charge in [-0.2, -0.15) is 0 Å². The summed E-state index contributed by atoms with van der Waals surface area (Å²) in [6.45, 7) is 3.09. The Bertz CT molecular complexity index is 133. The fourth-order valence-electron chi connectivity index (χ4n) is 0.195. The molecule has 0 aromatic carbocycles. The molecule has 0 spiro atoms. The number of amidine groups is 1. The van der Waals surface area contributed by atoms with Crippen LogP contribution in [0.2, 0.25) is 0 Å². The molecule has 0 radical (unpaired) electrons. The van der Waals surface area contributed by atoms with E-state index in [1.807, 2.05) is 0 Å². The van der Waals surface area contributed by atoms with Crippen molar-refractivity contribution >= 4 is 5.84 Å². The summed E-state index contributed by atoms with van der Waals surface area (Å²) in [4.78, 5) is 0. The summed E-state index contributed by atoms with van der Waals surface area (Å²) in [5.74, 6) is 0.0301. The van der Waals surface area contributed by atoms with E-state index in [2.05, 4.69) is 0 Å². The molecule has 0 saturated carbocycles. The predicted molar refractivity (Wildman–Crippen MR) is 32.9 cm³/mol. The molecule has 0 aliphatic carbocycles. The Morgan fingerprint density at radius 2 is 1.88 bits per heavy atom. The third kappa shape index (κ3) is 1.64. The normalized spacial score (nSPS) is 12.8. The maximum Gasteiger partial charge on any atom is 0.121 e. The van der Waals surface area contributed by atoms with Crippen LogP contribution < -0.4 is 5.73 Å². The van der Waals surface area contributed by atoms with Crippen LogP contribution in [0.1, 0.15) is 13.8 Å². The fraction of sp³-hybridized carbons (Fsp3) is 0.400. The Labute approximate surface area is 48.3 Å². The minimum absolute atomic E-state index is 0.0787. The lowest BCUT2D eigenvalue weighted by atomic mass is 10.2. The van der Waals surface area contributed by atoms with Crippen LogP contribution in [0, 0.1) is 5.41 Å². The molecule has 4 N–H and O–H groups in total. The first-order valence-corrected chi connectivity index (χ1v) is 2.26. The lowest BCUT2D eigenvalue weighted by Gasteiger charge is -1.96. The molecule has 3 heteroatoms. The van der Waals surface area contributed by atoms with E-state index in [9.17, 15) is 0 Å². The predicted octanol–water partition coefficient (Wildman–Crippen LogP) is 0.774. The number of allylic oxidation sites excluding steroid dienone is 1. The molecular formula is C5H10N2O. The first-order chi connectivity index (χ1) is 3.55. The first kappa shape index (κ1) is 7.01. The van der Waals surface area contributed by atoms with Gasteiger partial charge in [0.1, 0.15) is 5.84 Å². The van der Waals surface area contributed by atoms with Gasteiger partial charge in [-0.05, 0) is 13.8 Å². The molecule has 3 nitrogen and oxygen atoms in total. The smallest absolute Gasteiger partial charge is 0.121 e. The van der Waals surface area contributed by atoms with Gasteiger partial charge in [0.25, 0.3) is 0 Å². The summed E-state index contributed by atoms with van der Waals surface area (Å²) < 4.78 is 0. The van der Waals surface area contributed by atoms with Crippen LogP contribution in [-0.2, 0) is 0 Å². The number of hydrogen-bond acceptors (Lipinski definition) is 2. The van der Waals surface area contributed by atoms with Gasteiger partial charge >= 0.3 is 0 Å². The summed E-state index contributed by atoms with van der Waals surface area (Å²) >= 11 is 0. The van der Waals surface area contributed by atoms with E-state index in [1.54, 1.807) is 6.92 Å². The second-order valence-electron chi connectivity index (χ2n) is 1.62. The van der Waals surface area contributed by atoms with Crippen LogP contribution in [-0.4, -0.2) is 10.9 Å². The van der Waals surface area contributed by atoms with Gasteiger partial charge in [0.15, 0.2) is 0 Å². The zero-order valence-electron chi connectivity index (χ0n) is 5.02. The Balaban J connectivity index is 4.23. The average molecular weight is 114 g/mol. The van der Waals surface area contributed by atoms with Gasteiger partial charge in [-0.3, -0.25) is 5.41 Å². The van der Waals surface area contributed by atoms with Crippen molar-refractivity contribution in [2.24, 2.45) is 5.73 Å². The molecule has 0 aliphatic rings. The van der Waals surface area contributed by atoms with E-state index in [0.29, 0.717) is 5.57 Å². The molecule has 0 bridgehead atoms. The topological polar surface area (TPSA) is 70.1 Å². The van der Waals surface area contributed by atoms with Crippen LogP contribution in [0.3, 0.4) is 0 Å². The van der Waals surface area contributed by atoms with Gasteiger partial charge in [-0.25, -0.2) is 0 Å². The van der Waals surface area contributed by atoms with Crippen molar-refractivity contribution in [2.45, 2.75) is 13.8 Å². The quantitative estimate of drug-likeness (QED) is 0.268. The van der Waals surface area contributed by atoms with Crippen molar-refractivity contribution in [2.75, 3.05) is 0 Å². The van der Waals surface area contributed by atoms with Crippen molar-refractivity contribution < 1.29 is 5.11 Å². The third-order valence-corrected chi connectivity index (χ3v) is 0.947. The van der Waals surface area contributed by atoms with Crippen molar-refractivity contribution in [3.63, 3.8) is 0 Å². The largest absolute Gasteiger partial charge is 0.512 e. The zero-order valence-corrected chi connectivity index (χ0v) is 5.02. The van der Waals surface area contributed by atoms with Gasteiger partial charge in [-0.15, -0.1) is 0 Å². The molecule has 0 fully saturated rings. The van der Waals surface area contributed by atoms with E-state index in [-0.39, 0.29) is 11.6 Å². The highest BCUT2D eigenvalue weighted by Gasteiger charge is 1.94.